The Balaban J connectivity index is 1.55. The maximum absolute atomic E-state index is 13.0. The predicted octanol–water partition coefficient (Wildman–Crippen LogP) is 4.03. The van der Waals surface area contributed by atoms with Gasteiger partial charge in [-0.3, -0.25) is 0 Å². The minimum atomic E-state index is -4.53. The largest absolute Gasteiger partial charge is 0.431 e. The van der Waals surface area contributed by atoms with Crippen molar-refractivity contribution in [2.75, 3.05) is 31.3 Å². The second-order valence-corrected chi connectivity index (χ2v) is 6.99. The molecule has 0 aromatic carbocycles. The average Bonchev–Trinajstić information content (AvgIpc) is 3.09. The standard InChI is InChI=1S/C18H22F6N4O2/c1-2-29-11-28-16(9-14(26-28)18(22,23)24)30-13-5-7-27(8-6-13)15-4-3-12(10-25-15)17(19,20)21/h3-4,10,13,16H,2,5-9,11H2,1H3. The first kappa shape index (κ1) is 22.6. The summed E-state index contributed by atoms with van der Waals surface area (Å²) in [5, 5.41) is 4.76. The van der Waals surface area contributed by atoms with Crippen LogP contribution in [0.3, 0.4) is 0 Å². The topological polar surface area (TPSA) is 50.2 Å². The molecule has 1 aromatic rings. The number of pyridine rings is 1. The molecule has 0 amide bonds. The number of ether oxygens (including phenoxy) is 2. The molecule has 0 spiro atoms. The van der Waals surface area contributed by atoms with Crippen molar-refractivity contribution in [1.29, 1.82) is 0 Å². The van der Waals surface area contributed by atoms with Gasteiger partial charge in [0.15, 0.2) is 6.23 Å². The normalized spacial score (nSPS) is 21.3. The lowest BCUT2D eigenvalue weighted by molar-refractivity contribution is -0.137. The number of rotatable bonds is 6. The molecular weight excluding hydrogens is 418 g/mol. The molecule has 3 rings (SSSR count). The Morgan fingerprint density at radius 1 is 1.07 bits per heavy atom. The summed E-state index contributed by atoms with van der Waals surface area (Å²) in [4.78, 5) is 5.70. The number of piperidine rings is 1. The number of hydrazone groups is 1. The van der Waals surface area contributed by atoms with Gasteiger partial charge in [0.2, 0.25) is 0 Å². The summed E-state index contributed by atoms with van der Waals surface area (Å²) in [6, 6.07) is 2.29. The number of halogens is 6. The van der Waals surface area contributed by atoms with Gasteiger partial charge in [0.1, 0.15) is 18.3 Å². The molecule has 168 valence electrons. The lowest BCUT2D eigenvalue weighted by atomic mass is 10.1. The smallest absolute Gasteiger partial charge is 0.360 e. The second kappa shape index (κ2) is 8.96. The molecule has 0 bridgehead atoms. The zero-order valence-electron chi connectivity index (χ0n) is 16.2. The molecule has 1 unspecified atom stereocenters. The Kier molecular flexibility index (Phi) is 6.75. The van der Waals surface area contributed by atoms with Crippen molar-refractivity contribution in [1.82, 2.24) is 9.99 Å². The van der Waals surface area contributed by atoms with Crippen molar-refractivity contribution in [3.8, 4) is 0 Å². The van der Waals surface area contributed by atoms with E-state index in [1.54, 1.807) is 6.92 Å². The minimum Gasteiger partial charge on any atom is -0.360 e. The van der Waals surface area contributed by atoms with E-state index in [1.165, 1.54) is 6.07 Å². The van der Waals surface area contributed by atoms with Crippen LogP contribution in [0.5, 0.6) is 0 Å². The fraction of sp³-hybridized carbons (Fsp3) is 0.667. The number of anilines is 1. The first-order chi connectivity index (χ1) is 14.1. The van der Waals surface area contributed by atoms with E-state index in [-0.39, 0.29) is 19.3 Å². The maximum Gasteiger partial charge on any atom is 0.431 e. The van der Waals surface area contributed by atoms with Crippen LogP contribution in [-0.2, 0) is 15.7 Å². The van der Waals surface area contributed by atoms with Crippen molar-refractivity contribution in [2.45, 2.75) is 50.9 Å². The molecule has 3 heterocycles. The maximum atomic E-state index is 13.0. The highest BCUT2D eigenvalue weighted by molar-refractivity contribution is 5.91. The molecule has 0 aliphatic carbocycles. The van der Waals surface area contributed by atoms with Crippen molar-refractivity contribution in [2.24, 2.45) is 5.10 Å². The van der Waals surface area contributed by atoms with E-state index < -0.39 is 29.9 Å². The zero-order valence-corrected chi connectivity index (χ0v) is 16.2. The monoisotopic (exact) mass is 440 g/mol. The summed E-state index contributed by atoms with van der Waals surface area (Å²) in [5.41, 5.74) is -1.72. The Hall–Kier alpha value is -2.08. The fourth-order valence-corrected chi connectivity index (χ4v) is 3.30. The third kappa shape index (κ3) is 5.54. The van der Waals surface area contributed by atoms with Crippen LogP contribution in [0.4, 0.5) is 32.2 Å². The molecule has 0 saturated carbocycles. The van der Waals surface area contributed by atoms with Gasteiger partial charge in [-0.2, -0.15) is 31.4 Å². The summed E-state index contributed by atoms with van der Waals surface area (Å²) in [6.45, 7) is 2.89. The van der Waals surface area contributed by atoms with E-state index in [2.05, 4.69) is 10.1 Å². The quantitative estimate of drug-likeness (QED) is 0.626. The Morgan fingerprint density at radius 3 is 2.30 bits per heavy atom. The number of nitrogens with zero attached hydrogens (tertiary/aromatic N) is 4. The predicted molar refractivity (Wildman–Crippen MR) is 95.8 cm³/mol. The van der Waals surface area contributed by atoms with E-state index in [9.17, 15) is 26.3 Å². The van der Waals surface area contributed by atoms with Crippen molar-refractivity contribution < 1.29 is 35.8 Å². The third-order valence-corrected chi connectivity index (χ3v) is 4.90. The van der Waals surface area contributed by atoms with Crippen LogP contribution in [0.25, 0.3) is 0 Å². The highest BCUT2D eigenvalue weighted by atomic mass is 19.4. The van der Waals surface area contributed by atoms with Gasteiger partial charge in [-0.05, 0) is 31.9 Å². The summed E-state index contributed by atoms with van der Waals surface area (Å²) in [7, 11) is 0. The van der Waals surface area contributed by atoms with Gasteiger partial charge < -0.3 is 14.4 Å². The van der Waals surface area contributed by atoms with E-state index in [1.807, 2.05) is 4.90 Å². The van der Waals surface area contributed by atoms with Gasteiger partial charge in [-0.25, -0.2) is 9.99 Å². The van der Waals surface area contributed by atoms with Gasteiger partial charge >= 0.3 is 12.4 Å². The molecule has 1 saturated heterocycles. The highest BCUT2D eigenvalue weighted by Crippen LogP contribution is 2.32. The summed E-state index contributed by atoms with van der Waals surface area (Å²) in [5.74, 6) is 0.419. The average molecular weight is 440 g/mol. The van der Waals surface area contributed by atoms with Gasteiger partial charge in [-0.1, -0.05) is 0 Å². The van der Waals surface area contributed by atoms with Crippen molar-refractivity contribution >= 4 is 11.5 Å². The van der Waals surface area contributed by atoms with Crippen LogP contribution in [0.15, 0.2) is 23.4 Å². The second-order valence-electron chi connectivity index (χ2n) is 6.99. The molecular formula is C18H22F6N4O2. The molecule has 0 radical (unpaired) electrons. The van der Waals surface area contributed by atoms with E-state index in [4.69, 9.17) is 9.47 Å². The molecule has 2 aliphatic heterocycles. The molecule has 1 atom stereocenters. The van der Waals surface area contributed by atoms with Gasteiger partial charge in [0, 0.05) is 32.3 Å². The van der Waals surface area contributed by atoms with Crippen LogP contribution < -0.4 is 4.90 Å². The van der Waals surface area contributed by atoms with Gasteiger partial charge in [0.05, 0.1) is 11.7 Å². The SMILES string of the molecule is CCOCN1N=C(C(F)(F)F)CC1OC1CCN(c2ccc(C(F)(F)F)cn2)CC1. The first-order valence-electron chi connectivity index (χ1n) is 9.50. The number of hydrogen-bond donors (Lipinski definition) is 0. The van der Waals surface area contributed by atoms with Crippen LogP contribution >= 0.6 is 0 Å². The molecule has 0 N–H and O–H groups in total. The Bertz CT molecular complexity index is 730. The van der Waals surface area contributed by atoms with E-state index >= 15 is 0 Å². The molecule has 30 heavy (non-hydrogen) atoms. The third-order valence-electron chi connectivity index (χ3n) is 4.90. The van der Waals surface area contributed by atoms with Crippen LogP contribution in [0.2, 0.25) is 0 Å². The molecule has 6 nitrogen and oxygen atoms in total. The summed E-state index contributed by atoms with van der Waals surface area (Å²) >= 11 is 0. The Morgan fingerprint density at radius 2 is 1.77 bits per heavy atom. The molecule has 2 aliphatic rings. The number of aromatic nitrogens is 1. The fourth-order valence-electron chi connectivity index (χ4n) is 3.30. The lowest BCUT2D eigenvalue weighted by Crippen LogP contribution is -2.41. The highest BCUT2D eigenvalue weighted by Gasteiger charge is 2.44. The minimum absolute atomic E-state index is 0.102. The molecule has 1 aromatic heterocycles. The molecule has 12 heteroatoms. The van der Waals surface area contributed by atoms with E-state index in [0.29, 0.717) is 38.4 Å². The number of hydrogen-bond acceptors (Lipinski definition) is 6. The van der Waals surface area contributed by atoms with Crippen LogP contribution in [0.1, 0.15) is 31.7 Å². The number of alkyl halides is 6. The van der Waals surface area contributed by atoms with Gasteiger partial charge in [0.25, 0.3) is 0 Å². The van der Waals surface area contributed by atoms with Crippen molar-refractivity contribution in [3.63, 3.8) is 0 Å². The van der Waals surface area contributed by atoms with Crippen molar-refractivity contribution in [3.05, 3.63) is 23.9 Å². The summed E-state index contributed by atoms with van der Waals surface area (Å²) in [6.07, 6.45) is -8.72. The zero-order chi connectivity index (χ0) is 21.9. The molecule has 1 fully saturated rings. The van der Waals surface area contributed by atoms with Crippen LogP contribution in [0, 0.1) is 0 Å². The first-order valence-corrected chi connectivity index (χ1v) is 9.50. The van der Waals surface area contributed by atoms with Crippen LogP contribution in [-0.4, -0.2) is 60.6 Å². The van der Waals surface area contributed by atoms with Gasteiger partial charge in [-0.15, -0.1) is 0 Å². The van der Waals surface area contributed by atoms with E-state index in [0.717, 1.165) is 17.3 Å². The summed E-state index contributed by atoms with van der Waals surface area (Å²) < 4.78 is 88.0. The lowest BCUT2D eigenvalue weighted by Gasteiger charge is -2.35. The Labute approximate surface area is 169 Å².